The third-order valence-corrected chi connectivity index (χ3v) is 2.77. The van der Waals surface area contributed by atoms with Crippen LogP contribution in [0.4, 0.5) is 0 Å². The Hall–Kier alpha value is -0.930. The first-order valence-corrected chi connectivity index (χ1v) is 5.25. The molecule has 0 spiro atoms. The number of halogens is 1. The van der Waals surface area contributed by atoms with Crippen LogP contribution in [-0.2, 0) is 0 Å². The lowest BCUT2D eigenvalue weighted by Crippen LogP contribution is -2.05. The summed E-state index contributed by atoms with van der Waals surface area (Å²) in [4.78, 5) is 0. The second-order valence-corrected chi connectivity index (χ2v) is 3.90. The van der Waals surface area contributed by atoms with Crippen LogP contribution in [0, 0.1) is 0 Å². The molecule has 0 bridgehead atoms. The Labute approximate surface area is 94.8 Å². The molecule has 0 amide bonds. The molecule has 0 heterocycles. The van der Waals surface area contributed by atoms with Crippen molar-refractivity contribution < 1.29 is 9.84 Å². The first-order valence-electron chi connectivity index (χ1n) is 4.87. The summed E-state index contributed by atoms with van der Waals surface area (Å²) >= 11 is 6.03. The van der Waals surface area contributed by atoms with E-state index in [0.29, 0.717) is 22.9 Å². The number of benzene rings is 1. The van der Waals surface area contributed by atoms with Crippen LogP contribution in [-0.4, -0.2) is 18.8 Å². The quantitative estimate of drug-likeness (QED) is 0.834. The van der Waals surface area contributed by atoms with Crippen molar-refractivity contribution >= 4 is 11.6 Å². The highest BCUT2D eigenvalue weighted by atomic mass is 35.5. The molecule has 0 fully saturated rings. The number of nitrogens with two attached hydrogens (primary N) is 1. The third-order valence-electron chi connectivity index (χ3n) is 2.44. The molecule has 0 aromatic heterocycles. The molecule has 3 N–H and O–H groups in total. The molecule has 0 aliphatic carbocycles. The van der Waals surface area contributed by atoms with Gasteiger partial charge < -0.3 is 15.6 Å². The molecule has 1 aromatic carbocycles. The van der Waals surface area contributed by atoms with Crippen LogP contribution in [0.25, 0.3) is 0 Å². The first-order chi connectivity index (χ1) is 7.11. The average molecular weight is 230 g/mol. The van der Waals surface area contributed by atoms with Gasteiger partial charge in [0.05, 0.1) is 7.11 Å². The van der Waals surface area contributed by atoms with Gasteiger partial charge in [-0.3, -0.25) is 0 Å². The van der Waals surface area contributed by atoms with Crippen LogP contribution in [0.2, 0.25) is 5.02 Å². The van der Waals surface area contributed by atoms with E-state index in [1.165, 1.54) is 7.11 Å². The molecule has 15 heavy (non-hydrogen) atoms. The van der Waals surface area contributed by atoms with Gasteiger partial charge in [-0.1, -0.05) is 18.5 Å². The summed E-state index contributed by atoms with van der Waals surface area (Å²) in [5.74, 6) is 0.682. The molecule has 1 rings (SSSR count). The Bertz CT molecular complexity index is 342. The number of methoxy groups -OCH3 is 1. The Morgan fingerprint density at radius 2 is 2.20 bits per heavy atom. The lowest BCUT2D eigenvalue weighted by atomic mass is 9.96. The van der Waals surface area contributed by atoms with Crippen LogP contribution >= 0.6 is 11.6 Å². The number of ether oxygens (including phenoxy) is 1. The molecular formula is C11H16ClNO2. The highest BCUT2D eigenvalue weighted by Gasteiger charge is 2.17. The maximum atomic E-state index is 9.92. The second kappa shape index (κ2) is 5.24. The zero-order valence-corrected chi connectivity index (χ0v) is 9.71. The fourth-order valence-electron chi connectivity index (χ4n) is 1.59. The van der Waals surface area contributed by atoms with Crippen molar-refractivity contribution in [3.05, 3.63) is 22.7 Å². The third kappa shape index (κ3) is 2.55. The molecule has 0 saturated heterocycles. The van der Waals surface area contributed by atoms with E-state index >= 15 is 0 Å². The summed E-state index contributed by atoms with van der Waals surface area (Å²) < 4.78 is 5.03. The first kappa shape index (κ1) is 12.1. The summed E-state index contributed by atoms with van der Waals surface area (Å²) in [7, 11) is 1.51. The predicted octanol–water partition coefficient (Wildman–Crippen LogP) is 2.51. The van der Waals surface area contributed by atoms with Gasteiger partial charge in [0.15, 0.2) is 11.5 Å². The van der Waals surface area contributed by atoms with Crippen LogP contribution < -0.4 is 10.5 Å². The number of hydrogen-bond acceptors (Lipinski definition) is 3. The van der Waals surface area contributed by atoms with E-state index in [0.717, 1.165) is 6.42 Å². The Kier molecular flexibility index (Phi) is 4.24. The van der Waals surface area contributed by atoms with Gasteiger partial charge in [-0.2, -0.15) is 0 Å². The largest absolute Gasteiger partial charge is 0.504 e. The monoisotopic (exact) mass is 229 g/mol. The minimum atomic E-state index is 0.117. The maximum Gasteiger partial charge on any atom is 0.162 e. The van der Waals surface area contributed by atoms with Crippen LogP contribution in [0.5, 0.6) is 11.5 Å². The van der Waals surface area contributed by atoms with E-state index < -0.39 is 0 Å². The lowest BCUT2D eigenvalue weighted by molar-refractivity contribution is 0.368. The number of phenolic OH excluding ortho intramolecular Hbond substituents is 1. The number of hydrogen-bond donors (Lipinski definition) is 2. The molecule has 0 radical (unpaired) electrons. The Morgan fingerprint density at radius 1 is 1.53 bits per heavy atom. The second-order valence-electron chi connectivity index (χ2n) is 3.49. The van der Waals surface area contributed by atoms with Gasteiger partial charge in [0.2, 0.25) is 0 Å². The van der Waals surface area contributed by atoms with Gasteiger partial charge in [-0.25, -0.2) is 0 Å². The molecule has 0 aliphatic rings. The topological polar surface area (TPSA) is 55.5 Å². The van der Waals surface area contributed by atoms with Gasteiger partial charge in [-0.15, -0.1) is 0 Å². The fourth-order valence-corrected chi connectivity index (χ4v) is 1.93. The molecule has 1 unspecified atom stereocenters. The SMILES string of the molecule is COc1ccc(Cl)c(C(C)CCN)c1O. The van der Waals surface area contributed by atoms with E-state index in [2.05, 4.69) is 0 Å². The van der Waals surface area contributed by atoms with Gasteiger partial charge in [0, 0.05) is 10.6 Å². The molecule has 1 atom stereocenters. The van der Waals surface area contributed by atoms with Crippen LogP contribution in [0.3, 0.4) is 0 Å². The standard InChI is InChI=1S/C11H16ClNO2/c1-7(5-6-13)10-8(12)3-4-9(15-2)11(10)14/h3-4,7,14H,5-6,13H2,1-2H3. The van der Waals surface area contributed by atoms with E-state index in [1.807, 2.05) is 6.92 Å². The molecule has 84 valence electrons. The molecule has 0 saturated carbocycles. The van der Waals surface area contributed by atoms with E-state index in [1.54, 1.807) is 12.1 Å². The minimum absolute atomic E-state index is 0.117. The summed E-state index contributed by atoms with van der Waals surface area (Å²) in [6.07, 6.45) is 0.778. The smallest absolute Gasteiger partial charge is 0.162 e. The van der Waals surface area contributed by atoms with Gasteiger partial charge in [0.25, 0.3) is 0 Å². The van der Waals surface area contributed by atoms with Crippen molar-refractivity contribution in [2.75, 3.05) is 13.7 Å². The summed E-state index contributed by atoms with van der Waals surface area (Å²) in [5, 5.41) is 10.5. The Morgan fingerprint density at radius 3 is 2.73 bits per heavy atom. The summed E-state index contributed by atoms with van der Waals surface area (Å²) in [6, 6.07) is 3.37. The highest BCUT2D eigenvalue weighted by Crippen LogP contribution is 2.40. The van der Waals surface area contributed by atoms with Crippen molar-refractivity contribution in [3.63, 3.8) is 0 Å². The highest BCUT2D eigenvalue weighted by molar-refractivity contribution is 6.31. The molecule has 1 aromatic rings. The number of aromatic hydroxyl groups is 1. The fraction of sp³-hybridized carbons (Fsp3) is 0.455. The van der Waals surface area contributed by atoms with E-state index in [9.17, 15) is 5.11 Å². The maximum absolute atomic E-state index is 9.92. The van der Waals surface area contributed by atoms with Gasteiger partial charge in [0.1, 0.15) is 0 Å². The van der Waals surface area contributed by atoms with Gasteiger partial charge >= 0.3 is 0 Å². The predicted molar refractivity (Wildman–Crippen MR) is 61.8 cm³/mol. The van der Waals surface area contributed by atoms with Crippen molar-refractivity contribution in [2.24, 2.45) is 5.73 Å². The lowest BCUT2D eigenvalue weighted by Gasteiger charge is -2.16. The number of phenols is 1. The zero-order chi connectivity index (χ0) is 11.4. The molecule has 3 nitrogen and oxygen atoms in total. The molecule has 0 aliphatic heterocycles. The summed E-state index contributed by atoms with van der Waals surface area (Å²) in [6.45, 7) is 2.54. The van der Waals surface area contributed by atoms with Crippen LogP contribution in [0.15, 0.2) is 12.1 Å². The Balaban J connectivity index is 3.14. The van der Waals surface area contributed by atoms with Crippen LogP contribution in [0.1, 0.15) is 24.8 Å². The molecule has 4 heteroatoms. The van der Waals surface area contributed by atoms with Gasteiger partial charge in [-0.05, 0) is 31.0 Å². The average Bonchev–Trinajstić information content (AvgIpc) is 2.18. The molecular weight excluding hydrogens is 214 g/mol. The van der Waals surface area contributed by atoms with E-state index in [4.69, 9.17) is 22.1 Å². The zero-order valence-electron chi connectivity index (χ0n) is 8.96. The van der Waals surface area contributed by atoms with Crippen molar-refractivity contribution in [2.45, 2.75) is 19.3 Å². The summed E-state index contributed by atoms with van der Waals surface area (Å²) in [5.41, 5.74) is 6.19. The van der Waals surface area contributed by atoms with Crippen molar-refractivity contribution in [1.82, 2.24) is 0 Å². The van der Waals surface area contributed by atoms with Crippen molar-refractivity contribution in [1.29, 1.82) is 0 Å². The minimum Gasteiger partial charge on any atom is -0.504 e. The van der Waals surface area contributed by atoms with E-state index in [-0.39, 0.29) is 11.7 Å². The van der Waals surface area contributed by atoms with Crippen molar-refractivity contribution in [3.8, 4) is 11.5 Å². The normalized spacial score (nSPS) is 12.5. The number of rotatable bonds is 4.